The first kappa shape index (κ1) is 20.1. The molecular weight excluding hydrogens is 426 g/mol. The van der Waals surface area contributed by atoms with Gasteiger partial charge < -0.3 is 0 Å². The molecule has 32 heavy (non-hydrogen) atoms. The van der Waals surface area contributed by atoms with E-state index in [1.165, 1.54) is 29.5 Å². The third kappa shape index (κ3) is 3.01. The van der Waals surface area contributed by atoms with E-state index in [-0.39, 0.29) is 22.6 Å². The molecule has 1 N–H and O–H groups in total. The van der Waals surface area contributed by atoms with Gasteiger partial charge in [0.15, 0.2) is 0 Å². The molecule has 9 heteroatoms. The van der Waals surface area contributed by atoms with Gasteiger partial charge in [0.05, 0.1) is 22.5 Å². The summed E-state index contributed by atoms with van der Waals surface area (Å²) in [6.45, 7) is 7.73. The number of amides is 3. The molecule has 0 atom stereocenters. The maximum absolute atomic E-state index is 13.1. The van der Waals surface area contributed by atoms with Crippen LogP contribution in [0.4, 0.5) is 11.6 Å². The summed E-state index contributed by atoms with van der Waals surface area (Å²) in [5, 5.41) is 6.99. The molecule has 0 saturated carbocycles. The fraction of sp³-hybridized carbons (Fsp3) is 0.174. The largest absolute Gasteiger partial charge is 0.289 e. The molecule has 2 aromatic heterocycles. The van der Waals surface area contributed by atoms with Gasteiger partial charge in [0, 0.05) is 10.4 Å². The predicted octanol–water partition coefficient (Wildman–Crippen LogP) is 4.08. The van der Waals surface area contributed by atoms with Crippen molar-refractivity contribution in [1.82, 2.24) is 14.6 Å². The number of rotatable bonds is 3. The Kier molecular flexibility index (Phi) is 4.45. The van der Waals surface area contributed by atoms with Crippen LogP contribution in [0.25, 0.3) is 4.96 Å². The number of imide groups is 1. The molecule has 0 unspecified atom stereocenters. The van der Waals surface area contributed by atoms with E-state index in [0.717, 1.165) is 26.6 Å². The van der Waals surface area contributed by atoms with E-state index in [9.17, 15) is 14.4 Å². The second-order valence-electron chi connectivity index (χ2n) is 7.82. The molecule has 8 nitrogen and oxygen atoms in total. The Balaban J connectivity index is 1.44. The van der Waals surface area contributed by atoms with Crippen LogP contribution < -0.4 is 10.2 Å². The van der Waals surface area contributed by atoms with Crippen LogP contribution in [0.5, 0.6) is 0 Å². The Labute approximate surface area is 187 Å². The molecule has 2 aromatic carbocycles. The number of carbonyl (C=O) groups is 3. The molecule has 0 fully saturated rings. The van der Waals surface area contributed by atoms with Crippen LogP contribution in [-0.4, -0.2) is 32.3 Å². The van der Waals surface area contributed by atoms with Crippen LogP contribution in [-0.2, 0) is 0 Å². The first-order valence-electron chi connectivity index (χ1n) is 9.99. The number of hydrogen-bond donors (Lipinski definition) is 1. The van der Waals surface area contributed by atoms with Crippen molar-refractivity contribution >= 4 is 45.7 Å². The highest BCUT2D eigenvalue weighted by molar-refractivity contribution is 7.17. The Morgan fingerprint density at radius 1 is 0.969 bits per heavy atom. The Morgan fingerprint density at radius 2 is 1.72 bits per heavy atom. The lowest BCUT2D eigenvalue weighted by atomic mass is 10.1. The van der Waals surface area contributed by atoms with Crippen molar-refractivity contribution in [1.29, 1.82) is 0 Å². The van der Waals surface area contributed by atoms with Crippen LogP contribution in [0.2, 0.25) is 0 Å². The number of thiazole rings is 1. The van der Waals surface area contributed by atoms with Crippen molar-refractivity contribution in [3.63, 3.8) is 0 Å². The van der Waals surface area contributed by atoms with Crippen molar-refractivity contribution in [2.45, 2.75) is 27.7 Å². The minimum atomic E-state index is -0.453. The summed E-state index contributed by atoms with van der Waals surface area (Å²) < 4.78 is 1.68. The SMILES string of the molecule is Cc1ccc(N2C(=O)c3ccc(C(=O)Nc4nc5sc(C)c(C)n5n4)cc3C2=O)c(C)c1. The van der Waals surface area contributed by atoms with Gasteiger partial charge in [-0.1, -0.05) is 29.0 Å². The summed E-state index contributed by atoms with van der Waals surface area (Å²) in [6, 6.07) is 10.0. The summed E-state index contributed by atoms with van der Waals surface area (Å²) in [4.78, 5) is 46.1. The highest BCUT2D eigenvalue weighted by Crippen LogP contribution is 2.31. The van der Waals surface area contributed by atoms with Crippen LogP contribution in [0.1, 0.15) is 52.8 Å². The van der Waals surface area contributed by atoms with Gasteiger partial charge in [-0.25, -0.2) is 9.42 Å². The van der Waals surface area contributed by atoms with E-state index in [1.807, 2.05) is 39.8 Å². The van der Waals surface area contributed by atoms with Crippen molar-refractivity contribution in [3.8, 4) is 0 Å². The zero-order valence-corrected chi connectivity index (χ0v) is 18.7. The lowest BCUT2D eigenvalue weighted by molar-refractivity contribution is 0.0925. The summed E-state index contributed by atoms with van der Waals surface area (Å²) in [5.74, 6) is -1.11. The van der Waals surface area contributed by atoms with E-state index >= 15 is 0 Å². The lowest BCUT2D eigenvalue weighted by Crippen LogP contribution is -2.30. The van der Waals surface area contributed by atoms with Crippen LogP contribution in [0.3, 0.4) is 0 Å². The number of hydrogen-bond acceptors (Lipinski definition) is 6. The lowest BCUT2D eigenvalue weighted by Gasteiger charge is -2.16. The molecule has 0 saturated heterocycles. The summed E-state index contributed by atoms with van der Waals surface area (Å²) in [6.07, 6.45) is 0. The third-order valence-electron chi connectivity index (χ3n) is 5.62. The van der Waals surface area contributed by atoms with Gasteiger partial charge in [0.1, 0.15) is 0 Å². The van der Waals surface area contributed by atoms with E-state index < -0.39 is 17.7 Å². The second kappa shape index (κ2) is 7.10. The molecule has 0 bridgehead atoms. The number of aryl methyl sites for hydroxylation is 4. The fourth-order valence-electron chi connectivity index (χ4n) is 3.83. The molecule has 3 amide bonds. The number of aromatic nitrogens is 3. The normalized spacial score (nSPS) is 13.2. The quantitative estimate of drug-likeness (QED) is 0.480. The number of anilines is 2. The number of benzene rings is 2. The second-order valence-corrected chi connectivity index (χ2v) is 9.01. The van der Waals surface area contributed by atoms with Crippen molar-refractivity contribution in [2.24, 2.45) is 0 Å². The van der Waals surface area contributed by atoms with E-state index in [2.05, 4.69) is 15.4 Å². The Morgan fingerprint density at radius 3 is 2.44 bits per heavy atom. The Hall–Kier alpha value is -3.85. The maximum Gasteiger partial charge on any atom is 0.266 e. The van der Waals surface area contributed by atoms with Gasteiger partial charge >= 0.3 is 0 Å². The van der Waals surface area contributed by atoms with Crippen molar-refractivity contribution in [3.05, 3.63) is 74.8 Å². The number of nitrogens with zero attached hydrogens (tertiary/aromatic N) is 4. The van der Waals surface area contributed by atoms with E-state index in [0.29, 0.717) is 10.6 Å². The topological polar surface area (TPSA) is 96.7 Å². The summed E-state index contributed by atoms with van der Waals surface area (Å²) in [7, 11) is 0. The van der Waals surface area contributed by atoms with Gasteiger partial charge in [-0.2, -0.15) is 4.98 Å². The molecule has 1 aliphatic rings. The average molecular weight is 446 g/mol. The first-order chi connectivity index (χ1) is 15.2. The molecule has 1 aliphatic heterocycles. The molecular formula is C23H19N5O3S. The minimum Gasteiger partial charge on any atom is -0.289 e. The zero-order valence-electron chi connectivity index (χ0n) is 17.9. The van der Waals surface area contributed by atoms with Gasteiger partial charge in [-0.3, -0.25) is 19.7 Å². The highest BCUT2D eigenvalue weighted by Gasteiger charge is 2.37. The smallest absolute Gasteiger partial charge is 0.266 e. The van der Waals surface area contributed by atoms with Crippen molar-refractivity contribution < 1.29 is 14.4 Å². The molecule has 0 radical (unpaired) electrons. The van der Waals surface area contributed by atoms with Gasteiger partial charge in [0.25, 0.3) is 23.7 Å². The molecule has 0 aliphatic carbocycles. The van der Waals surface area contributed by atoms with Crippen LogP contribution >= 0.6 is 11.3 Å². The van der Waals surface area contributed by atoms with Gasteiger partial charge in [0.2, 0.25) is 4.96 Å². The highest BCUT2D eigenvalue weighted by atomic mass is 32.1. The van der Waals surface area contributed by atoms with Crippen molar-refractivity contribution in [2.75, 3.05) is 10.2 Å². The number of nitrogens with one attached hydrogen (secondary N) is 1. The molecule has 0 spiro atoms. The molecule has 160 valence electrons. The van der Waals surface area contributed by atoms with Crippen LogP contribution in [0.15, 0.2) is 36.4 Å². The monoisotopic (exact) mass is 445 g/mol. The number of carbonyl (C=O) groups excluding carboxylic acids is 3. The average Bonchev–Trinajstić information content (AvgIpc) is 3.34. The van der Waals surface area contributed by atoms with Gasteiger partial charge in [-0.05, 0) is 57.5 Å². The number of fused-ring (bicyclic) bond motifs is 2. The van der Waals surface area contributed by atoms with E-state index in [1.54, 1.807) is 10.6 Å². The third-order valence-corrected chi connectivity index (χ3v) is 6.66. The minimum absolute atomic E-state index is 0.184. The summed E-state index contributed by atoms with van der Waals surface area (Å²) in [5.41, 5.74) is 4.10. The first-order valence-corrected chi connectivity index (χ1v) is 10.8. The maximum atomic E-state index is 13.1. The summed E-state index contributed by atoms with van der Waals surface area (Å²) >= 11 is 1.49. The van der Waals surface area contributed by atoms with Crippen LogP contribution in [0, 0.1) is 27.7 Å². The zero-order chi connectivity index (χ0) is 22.7. The van der Waals surface area contributed by atoms with E-state index in [4.69, 9.17) is 0 Å². The molecule has 5 rings (SSSR count). The standard InChI is InChI=1S/C23H19N5O3S/c1-11-5-8-18(12(2)9-11)27-20(30)16-7-6-15(10-17(16)21(27)31)19(29)24-22-25-23-28(26-22)13(3)14(4)32-23/h5-10H,1-4H3,(H,24,26,29). The van der Waals surface area contributed by atoms with Gasteiger partial charge in [-0.15, -0.1) is 5.10 Å². The molecule has 3 heterocycles. The fourth-order valence-corrected chi connectivity index (χ4v) is 4.73. The predicted molar refractivity (Wildman–Crippen MR) is 122 cm³/mol. The Bertz CT molecular complexity index is 1470. The molecule has 4 aromatic rings.